The highest BCUT2D eigenvalue weighted by Crippen LogP contribution is 2.35. The van der Waals surface area contributed by atoms with Crippen LogP contribution in [0.3, 0.4) is 0 Å². The van der Waals surface area contributed by atoms with Crippen molar-refractivity contribution in [2.75, 3.05) is 6.54 Å². The Kier molecular flexibility index (Phi) is 8.16. The largest absolute Gasteiger partial charge is 0.381 e. The molecule has 0 fully saturated rings. The number of benzene rings is 3. The Balaban J connectivity index is 2.01. The topological polar surface area (TPSA) is 24.4 Å². The van der Waals surface area contributed by atoms with E-state index < -0.39 is 0 Å². The van der Waals surface area contributed by atoms with Crippen molar-refractivity contribution in [1.82, 2.24) is 5.32 Å². The van der Waals surface area contributed by atoms with Gasteiger partial charge in [0.1, 0.15) is 0 Å². The lowest BCUT2D eigenvalue weighted by Crippen LogP contribution is -2.14. The van der Waals surface area contributed by atoms with Gasteiger partial charge in [-0.05, 0) is 36.6 Å². The average molecular weight is 419 g/mol. The van der Waals surface area contributed by atoms with E-state index in [0.717, 1.165) is 39.3 Å². The van der Waals surface area contributed by atoms with E-state index >= 15 is 0 Å². The molecule has 0 aromatic heterocycles. The van der Waals surface area contributed by atoms with Crippen molar-refractivity contribution in [3.05, 3.63) is 133 Å². The molecule has 3 aromatic carbocycles. The van der Waals surface area contributed by atoms with Crippen molar-refractivity contribution in [3.63, 3.8) is 0 Å². The summed E-state index contributed by atoms with van der Waals surface area (Å²) in [5, 5.41) is 3.50. The second-order valence-electron chi connectivity index (χ2n) is 7.59. The summed E-state index contributed by atoms with van der Waals surface area (Å²) in [5.74, 6) is 0. The summed E-state index contributed by atoms with van der Waals surface area (Å²) in [6, 6.07) is 26.9. The van der Waals surface area contributed by atoms with Gasteiger partial charge in [-0.1, -0.05) is 116 Å². The van der Waals surface area contributed by atoms with Gasteiger partial charge in [0.25, 0.3) is 0 Å². The zero-order valence-corrected chi connectivity index (χ0v) is 18.9. The summed E-state index contributed by atoms with van der Waals surface area (Å²) in [5.41, 5.74) is 8.29. The van der Waals surface area contributed by atoms with Crippen LogP contribution < -0.4 is 5.32 Å². The van der Waals surface area contributed by atoms with Gasteiger partial charge in [0.15, 0.2) is 0 Å². The highest BCUT2D eigenvalue weighted by Gasteiger charge is 2.13. The van der Waals surface area contributed by atoms with Gasteiger partial charge in [0.05, 0.1) is 5.69 Å². The lowest BCUT2D eigenvalue weighted by atomic mass is 9.96. The molecule has 3 rings (SSSR count). The molecule has 1 N–H and O–H groups in total. The van der Waals surface area contributed by atoms with E-state index in [1.54, 1.807) is 6.08 Å². The molecule has 0 radical (unpaired) electrons. The fraction of sp³-hybridized carbons (Fsp3) is 0.100. The van der Waals surface area contributed by atoms with Crippen LogP contribution in [-0.4, -0.2) is 12.3 Å². The molecule has 0 saturated heterocycles. The maximum Gasteiger partial charge on any atom is 0.0732 e. The van der Waals surface area contributed by atoms with Crippen LogP contribution in [0.1, 0.15) is 25.0 Å². The van der Waals surface area contributed by atoms with Gasteiger partial charge in [-0.25, -0.2) is 0 Å². The Hall–Kier alpha value is -3.91. The predicted octanol–water partition coefficient (Wildman–Crippen LogP) is 7.74. The molecule has 0 bridgehead atoms. The van der Waals surface area contributed by atoms with Crippen molar-refractivity contribution in [3.8, 4) is 11.1 Å². The van der Waals surface area contributed by atoms with Crippen LogP contribution in [0.15, 0.2) is 127 Å². The minimum Gasteiger partial charge on any atom is -0.381 e. The lowest BCUT2D eigenvalue weighted by molar-refractivity contribution is 0.958. The first kappa shape index (κ1) is 22.8. The minimum absolute atomic E-state index is 0.699. The number of nitrogens with zero attached hydrogens (tertiary/aromatic N) is 1. The molecule has 0 atom stereocenters. The van der Waals surface area contributed by atoms with Gasteiger partial charge in [0, 0.05) is 23.5 Å². The average Bonchev–Trinajstić information content (AvgIpc) is 2.83. The summed E-state index contributed by atoms with van der Waals surface area (Å²) >= 11 is 0. The number of allylic oxidation sites excluding steroid dienone is 4. The molecule has 160 valence electrons. The first-order valence-corrected chi connectivity index (χ1v) is 10.8. The molecule has 0 aliphatic carbocycles. The fourth-order valence-corrected chi connectivity index (χ4v) is 3.43. The third-order valence-electron chi connectivity index (χ3n) is 5.12. The molecular weight excluding hydrogens is 388 g/mol. The summed E-state index contributed by atoms with van der Waals surface area (Å²) in [7, 11) is 0. The molecule has 0 saturated carbocycles. The highest BCUT2D eigenvalue weighted by atomic mass is 14.9. The Labute approximate surface area is 192 Å². The number of aliphatic imine (C=N–C) groups is 1. The molecular formula is C30H30N2. The number of hydrogen-bond donors (Lipinski definition) is 1. The van der Waals surface area contributed by atoms with Crippen LogP contribution in [-0.2, 0) is 0 Å². The molecule has 3 aromatic rings. The Bertz CT molecular complexity index is 1150. The van der Waals surface area contributed by atoms with E-state index in [4.69, 9.17) is 4.99 Å². The maximum absolute atomic E-state index is 5.00. The second kappa shape index (κ2) is 11.5. The third-order valence-corrected chi connectivity index (χ3v) is 5.12. The van der Waals surface area contributed by atoms with Crippen LogP contribution in [0.5, 0.6) is 0 Å². The van der Waals surface area contributed by atoms with Crippen molar-refractivity contribution in [2.45, 2.75) is 13.8 Å². The van der Waals surface area contributed by atoms with E-state index in [1.165, 1.54) is 5.57 Å². The molecule has 0 aliphatic heterocycles. The van der Waals surface area contributed by atoms with Gasteiger partial charge in [-0.3, -0.25) is 4.99 Å². The molecule has 0 amide bonds. The summed E-state index contributed by atoms with van der Waals surface area (Å²) in [4.78, 5) is 5.00. The quantitative estimate of drug-likeness (QED) is 0.279. The number of rotatable bonds is 9. The first-order valence-electron chi connectivity index (χ1n) is 10.8. The van der Waals surface area contributed by atoms with Crippen LogP contribution in [0, 0.1) is 0 Å². The predicted molar refractivity (Wildman–Crippen MR) is 140 cm³/mol. The van der Waals surface area contributed by atoms with Gasteiger partial charge < -0.3 is 5.32 Å². The Morgan fingerprint density at radius 3 is 2.25 bits per heavy atom. The van der Waals surface area contributed by atoms with Crippen LogP contribution in [0.25, 0.3) is 16.8 Å². The van der Waals surface area contributed by atoms with Gasteiger partial charge in [-0.15, -0.1) is 0 Å². The van der Waals surface area contributed by atoms with Gasteiger partial charge in [0.2, 0.25) is 0 Å². The van der Waals surface area contributed by atoms with E-state index in [2.05, 4.69) is 86.1 Å². The van der Waals surface area contributed by atoms with Crippen molar-refractivity contribution in [2.24, 2.45) is 4.99 Å². The van der Waals surface area contributed by atoms with E-state index in [1.807, 2.05) is 43.3 Å². The minimum atomic E-state index is 0.699. The molecule has 0 aliphatic rings. The third kappa shape index (κ3) is 6.05. The SMILES string of the molecule is C=C/C=C\C=C(/C)CNC(=C)c1c(N=C(C)c2ccccc2)cccc1-c1ccccc1. The highest BCUT2D eigenvalue weighted by molar-refractivity contribution is 6.01. The molecule has 0 unspecified atom stereocenters. The second-order valence-corrected chi connectivity index (χ2v) is 7.59. The standard InChI is InChI=1S/C30H30N2/c1-5-6-9-15-23(2)22-31-25(4)30-28(27-18-12-8-13-19-27)20-14-21-29(30)32-24(3)26-16-10-7-11-17-26/h5-21,31H,1,4,22H2,2-3H3/b9-6-,23-15+,32-24?. The van der Waals surface area contributed by atoms with Crippen LogP contribution in [0.2, 0.25) is 0 Å². The van der Waals surface area contributed by atoms with Crippen LogP contribution in [0.4, 0.5) is 5.69 Å². The van der Waals surface area contributed by atoms with Crippen molar-refractivity contribution in [1.29, 1.82) is 0 Å². The monoisotopic (exact) mass is 418 g/mol. The smallest absolute Gasteiger partial charge is 0.0732 e. The molecule has 32 heavy (non-hydrogen) atoms. The fourth-order valence-electron chi connectivity index (χ4n) is 3.43. The van der Waals surface area contributed by atoms with Crippen molar-refractivity contribution < 1.29 is 0 Å². The molecule has 0 heterocycles. The Morgan fingerprint density at radius 1 is 0.875 bits per heavy atom. The van der Waals surface area contributed by atoms with Crippen molar-refractivity contribution >= 4 is 17.1 Å². The summed E-state index contributed by atoms with van der Waals surface area (Å²) in [6.07, 6.45) is 7.75. The van der Waals surface area contributed by atoms with E-state index in [0.29, 0.717) is 6.54 Å². The van der Waals surface area contributed by atoms with Crippen LogP contribution >= 0.6 is 0 Å². The summed E-state index contributed by atoms with van der Waals surface area (Å²) < 4.78 is 0. The van der Waals surface area contributed by atoms with Gasteiger partial charge >= 0.3 is 0 Å². The lowest BCUT2D eigenvalue weighted by Gasteiger charge is -2.17. The number of nitrogens with one attached hydrogen (secondary N) is 1. The van der Waals surface area contributed by atoms with Gasteiger partial charge in [-0.2, -0.15) is 0 Å². The van der Waals surface area contributed by atoms with E-state index in [9.17, 15) is 0 Å². The molecule has 2 heteroatoms. The number of hydrogen-bond acceptors (Lipinski definition) is 2. The normalized spacial score (nSPS) is 12.1. The zero-order chi connectivity index (χ0) is 22.8. The molecule has 2 nitrogen and oxygen atoms in total. The summed E-state index contributed by atoms with van der Waals surface area (Å²) in [6.45, 7) is 12.9. The Morgan fingerprint density at radius 2 is 1.56 bits per heavy atom. The van der Waals surface area contributed by atoms with E-state index in [-0.39, 0.29) is 0 Å². The molecule has 0 spiro atoms. The first-order chi connectivity index (χ1) is 15.6. The maximum atomic E-state index is 5.00. The zero-order valence-electron chi connectivity index (χ0n) is 18.9.